The Morgan fingerprint density at radius 2 is 1.95 bits per heavy atom. The van der Waals surface area contributed by atoms with Gasteiger partial charge in [0.2, 0.25) is 0 Å². The molecule has 0 bridgehead atoms. The van der Waals surface area contributed by atoms with Crippen molar-refractivity contribution in [1.29, 1.82) is 0 Å². The molecule has 0 aromatic heterocycles. The highest BCUT2D eigenvalue weighted by atomic mass is 16.5. The maximum Gasteiger partial charge on any atom is 0.335 e. The minimum absolute atomic E-state index is 0.00669. The molecule has 1 aromatic carbocycles. The quantitative estimate of drug-likeness (QED) is 0.878. The first-order valence-electron chi connectivity index (χ1n) is 6.82. The fourth-order valence-corrected chi connectivity index (χ4v) is 2.42. The van der Waals surface area contributed by atoms with E-state index < -0.39 is 29.5 Å². The Labute approximate surface area is 127 Å². The average Bonchev–Trinajstić information content (AvgIpc) is 2.42. The summed E-state index contributed by atoms with van der Waals surface area (Å²) in [6, 6.07) is 2.98. The number of amides is 1. The van der Waals surface area contributed by atoms with Gasteiger partial charge in [-0.25, -0.2) is 9.59 Å². The molecule has 1 amide bonds. The van der Waals surface area contributed by atoms with E-state index in [1.165, 1.54) is 36.9 Å². The molecular weight excluding hydrogens is 290 g/mol. The molecule has 0 saturated heterocycles. The third-order valence-corrected chi connectivity index (χ3v) is 3.55. The zero-order valence-corrected chi connectivity index (χ0v) is 12.5. The summed E-state index contributed by atoms with van der Waals surface area (Å²) >= 11 is 0. The van der Waals surface area contributed by atoms with Crippen LogP contribution in [-0.4, -0.2) is 39.7 Å². The van der Waals surface area contributed by atoms with Crippen LogP contribution in [0.25, 0.3) is 0 Å². The van der Waals surface area contributed by atoms with E-state index in [0.29, 0.717) is 0 Å². The molecule has 0 saturated carbocycles. The molecule has 0 radical (unpaired) electrons. The predicted molar refractivity (Wildman–Crippen MR) is 77.3 cm³/mol. The van der Waals surface area contributed by atoms with Gasteiger partial charge in [-0.1, -0.05) is 6.92 Å². The van der Waals surface area contributed by atoms with Gasteiger partial charge in [0, 0.05) is 0 Å². The largest absolute Gasteiger partial charge is 0.480 e. The van der Waals surface area contributed by atoms with Gasteiger partial charge in [-0.3, -0.25) is 9.69 Å². The topological polar surface area (TPSA) is 104 Å². The molecule has 118 valence electrons. The van der Waals surface area contributed by atoms with Gasteiger partial charge in [-0.05, 0) is 38.5 Å². The van der Waals surface area contributed by atoms with E-state index in [0.717, 1.165) is 0 Å². The number of aromatic carboxylic acids is 1. The van der Waals surface area contributed by atoms with Gasteiger partial charge in [-0.2, -0.15) is 0 Å². The molecule has 1 unspecified atom stereocenters. The first-order chi connectivity index (χ1) is 10.2. The highest BCUT2D eigenvalue weighted by molar-refractivity contribution is 6.06. The minimum atomic E-state index is -1.27. The van der Waals surface area contributed by atoms with Gasteiger partial charge in [0.1, 0.15) is 11.8 Å². The van der Waals surface area contributed by atoms with Crippen LogP contribution in [0.15, 0.2) is 18.2 Å². The van der Waals surface area contributed by atoms with Crippen LogP contribution in [0.2, 0.25) is 0 Å². The lowest BCUT2D eigenvalue weighted by Gasteiger charge is -2.41. The number of hydrogen-bond donors (Lipinski definition) is 2. The second-order valence-electron chi connectivity index (χ2n) is 5.54. The van der Waals surface area contributed by atoms with Gasteiger partial charge in [0.25, 0.3) is 5.91 Å². The summed E-state index contributed by atoms with van der Waals surface area (Å²) in [6.45, 7) is 4.71. The lowest BCUT2D eigenvalue weighted by atomic mass is 9.99. The second-order valence-corrected chi connectivity index (χ2v) is 5.54. The molecule has 0 fully saturated rings. The monoisotopic (exact) mass is 307 g/mol. The van der Waals surface area contributed by atoms with E-state index in [1.807, 2.05) is 0 Å². The highest BCUT2D eigenvalue weighted by Gasteiger charge is 2.45. The number of rotatable bonds is 4. The van der Waals surface area contributed by atoms with E-state index in [9.17, 15) is 19.5 Å². The third-order valence-electron chi connectivity index (χ3n) is 3.55. The minimum Gasteiger partial charge on any atom is -0.480 e. The number of aliphatic carboxylic acids is 1. The van der Waals surface area contributed by atoms with Gasteiger partial charge in [0.15, 0.2) is 5.60 Å². The van der Waals surface area contributed by atoms with Crippen LogP contribution < -0.4 is 9.64 Å². The molecule has 2 rings (SSSR count). The smallest absolute Gasteiger partial charge is 0.335 e. The molecule has 1 aliphatic heterocycles. The van der Waals surface area contributed by atoms with E-state index in [-0.39, 0.29) is 23.4 Å². The van der Waals surface area contributed by atoms with Crippen LogP contribution in [-0.2, 0) is 9.59 Å². The second kappa shape index (κ2) is 5.32. The molecular formula is C15H17NO6. The maximum absolute atomic E-state index is 12.6. The van der Waals surface area contributed by atoms with Crippen molar-refractivity contribution in [3.63, 3.8) is 0 Å². The van der Waals surface area contributed by atoms with Crippen molar-refractivity contribution in [2.75, 3.05) is 4.90 Å². The van der Waals surface area contributed by atoms with Crippen molar-refractivity contribution in [3.8, 4) is 5.75 Å². The van der Waals surface area contributed by atoms with Crippen LogP contribution in [0.4, 0.5) is 5.69 Å². The number of nitrogens with zero attached hydrogens (tertiary/aromatic N) is 1. The Hall–Kier alpha value is -2.57. The third kappa shape index (κ3) is 2.49. The summed E-state index contributed by atoms with van der Waals surface area (Å²) in [5.41, 5.74) is -0.997. The Balaban J connectivity index is 2.62. The first kappa shape index (κ1) is 15.8. The zero-order chi connectivity index (χ0) is 16.7. The molecule has 0 aliphatic carbocycles. The van der Waals surface area contributed by atoms with Crippen molar-refractivity contribution < 1.29 is 29.3 Å². The number of benzene rings is 1. The molecule has 7 heteroatoms. The van der Waals surface area contributed by atoms with Gasteiger partial charge in [-0.15, -0.1) is 0 Å². The number of carboxylic acids is 2. The molecule has 22 heavy (non-hydrogen) atoms. The number of carboxylic acid groups (broad SMARTS) is 2. The normalized spacial score (nSPS) is 17.4. The number of carbonyl (C=O) groups is 3. The Kier molecular flexibility index (Phi) is 3.83. The van der Waals surface area contributed by atoms with Crippen LogP contribution in [0.1, 0.15) is 37.6 Å². The lowest BCUT2D eigenvalue weighted by molar-refractivity contribution is -0.143. The van der Waals surface area contributed by atoms with Gasteiger partial charge >= 0.3 is 11.9 Å². The standard InChI is InChI=1S/C15H17NO6/c1-4-9(13(19)20)16-10-6-5-8(12(17)18)7-11(10)22-15(2,3)14(16)21/h5-7,9H,4H2,1-3H3,(H,17,18)(H,19,20). The predicted octanol–water partition coefficient (Wildman–Crippen LogP) is 1.75. The van der Waals surface area contributed by atoms with Gasteiger partial charge in [0.05, 0.1) is 11.3 Å². The Morgan fingerprint density at radius 3 is 2.45 bits per heavy atom. The summed E-state index contributed by atoms with van der Waals surface area (Å²) in [7, 11) is 0. The van der Waals surface area contributed by atoms with Crippen LogP contribution >= 0.6 is 0 Å². The molecule has 7 nitrogen and oxygen atoms in total. The van der Waals surface area contributed by atoms with Crippen molar-refractivity contribution in [1.82, 2.24) is 0 Å². The molecule has 1 heterocycles. The van der Waals surface area contributed by atoms with E-state index >= 15 is 0 Å². The molecule has 1 atom stereocenters. The highest BCUT2D eigenvalue weighted by Crippen LogP contribution is 2.40. The van der Waals surface area contributed by atoms with Crippen molar-refractivity contribution >= 4 is 23.5 Å². The average molecular weight is 307 g/mol. The summed E-state index contributed by atoms with van der Waals surface area (Å²) in [5.74, 6) is -2.54. The van der Waals surface area contributed by atoms with E-state index in [4.69, 9.17) is 9.84 Å². The summed E-state index contributed by atoms with van der Waals surface area (Å²) in [4.78, 5) is 36.2. The molecule has 1 aromatic rings. The van der Waals surface area contributed by atoms with E-state index in [2.05, 4.69) is 0 Å². The fourth-order valence-electron chi connectivity index (χ4n) is 2.42. The summed E-state index contributed by atoms with van der Waals surface area (Å²) in [6.07, 6.45) is 0.220. The molecule has 0 spiro atoms. The first-order valence-corrected chi connectivity index (χ1v) is 6.82. The number of carbonyl (C=O) groups excluding carboxylic acids is 1. The van der Waals surface area contributed by atoms with Crippen molar-refractivity contribution in [2.24, 2.45) is 0 Å². The summed E-state index contributed by atoms with van der Waals surface area (Å²) in [5, 5.41) is 18.4. The maximum atomic E-state index is 12.6. The summed E-state index contributed by atoms with van der Waals surface area (Å²) < 4.78 is 5.58. The number of hydrogen-bond acceptors (Lipinski definition) is 4. The number of fused-ring (bicyclic) bond motifs is 1. The van der Waals surface area contributed by atoms with Crippen molar-refractivity contribution in [2.45, 2.75) is 38.8 Å². The zero-order valence-electron chi connectivity index (χ0n) is 12.5. The number of anilines is 1. The van der Waals surface area contributed by atoms with Crippen molar-refractivity contribution in [3.05, 3.63) is 23.8 Å². The molecule has 2 N–H and O–H groups in total. The fraction of sp³-hybridized carbons (Fsp3) is 0.400. The lowest BCUT2D eigenvalue weighted by Crippen LogP contribution is -2.57. The van der Waals surface area contributed by atoms with Crippen LogP contribution in [0.5, 0.6) is 5.75 Å². The van der Waals surface area contributed by atoms with Crippen LogP contribution in [0, 0.1) is 0 Å². The van der Waals surface area contributed by atoms with E-state index in [1.54, 1.807) is 6.92 Å². The Morgan fingerprint density at radius 1 is 1.32 bits per heavy atom. The SMILES string of the molecule is CCC(C(=O)O)N1C(=O)C(C)(C)Oc2cc(C(=O)O)ccc21. The molecule has 1 aliphatic rings. The van der Waals surface area contributed by atoms with Gasteiger partial charge < -0.3 is 14.9 Å². The Bertz CT molecular complexity index is 651. The van der Waals surface area contributed by atoms with Crippen LogP contribution in [0.3, 0.4) is 0 Å². The number of ether oxygens (including phenoxy) is 1.